The fraction of sp³-hybridized carbons (Fsp3) is 0.667. The van der Waals surface area contributed by atoms with Crippen LogP contribution in [0, 0.1) is 17.2 Å². The van der Waals surface area contributed by atoms with Gasteiger partial charge in [0.05, 0.1) is 19.1 Å². The number of likely N-dealkylation sites (tertiary alicyclic amines) is 1. The quantitative estimate of drug-likeness (QED) is 0.257. The summed E-state index contributed by atoms with van der Waals surface area (Å²) in [5.74, 6) is -3.90. The van der Waals surface area contributed by atoms with Crippen molar-refractivity contribution in [2.24, 2.45) is 11.3 Å². The number of carbonyl (C=O) groups is 6. The number of carbonyl (C=O) groups excluding carboxylic acids is 6. The van der Waals surface area contributed by atoms with E-state index in [2.05, 4.69) is 21.3 Å². The number of urea groups is 1. The number of rotatable bonds is 11. The second-order valence-electron chi connectivity index (χ2n) is 15.8. The van der Waals surface area contributed by atoms with Gasteiger partial charge in [-0.2, -0.15) is 0 Å². The van der Waals surface area contributed by atoms with Crippen LogP contribution >= 0.6 is 0 Å². The van der Waals surface area contributed by atoms with E-state index < -0.39 is 82.5 Å². The van der Waals surface area contributed by atoms with E-state index in [1.165, 1.54) is 15.9 Å². The Morgan fingerprint density at radius 2 is 1.66 bits per heavy atom. The minimum Gasteiger partial charge on any atom is -0.444 e. The number of ketones is 1. The Labute approximate surface area is 293 Å². The summed E-state index contributed by atoms with van der Waals surface area (Å²) in [6, 6.07) is 0.599. The van der Waals surface area contributed by atoms with Crippen molar-refractivity contribution in [3.05, 3.63) is 35.1 Å². The zero-order chi connectivity index (χ0) is 37.1. The number of nitrogens with one attached hydrogen (secondary N) is 4. The van der Waals surface area contributed by atoms with Gasteiger partial charge in [0.15, 0.2) is 0 Å². The van der Waals surface area contributed by atoms with E-state index in [4.69, 9.17) is 4.74 Å². The number of halogens is 1. The van der Waals surface area contributed by atoms with E-state index in [0.717, 1.165) is 12.8 Å². The third-order valence-electron chi connectivity index (χ3n) is 9.28. The van der Waals surface area contributed by atoms with Gasteiger partial charge in [-0.1, -0.05) is 53.2 Å². The number of benzene rings is 1. The highest BCUT2D eigenvalue weighted by Gasteiger charge is 2.52. The first-order chi connectivity index (χ1) is 23.3. The zero-order valence-electron chi connectivity index (χ0n) is 30.5. The monoisotopic (exact) mass is 700 g/mol. The van der Waals surface area contributed by atoms with Crippen LogP contribution in [0.4, 0.5) is 14.0 Å². The average Bonchev–Trinajstić information content (AvgIpc) is 3.58. The summed E-state index contributed by atoms with van der Waals surface area (Å²) in [6.45, 7) is 14.4. The predicted octanol–water partition coefficient (Wildman–Crippen LogP) is 3.53. The van der Waals surface area contributed by atoms with E-state index in [9.17, 15) is 33.2 Å². The fourth-order valence-electron chi connectivity index (χ4n) is 6.54. The highest BCUT2D eigenvalue weighted by Crippen LogP contribution is 2.34. The van der Waals surface area contributed by atoms with E-state index in [1.807, 2.05) is 6.92 Å². The van der Waals surface area contributed by atoms with Crippen molar-refractivity contribution in [3.63, 3.8) is 0 Å². The Bertz CT molecular complexity index is 1480. The first-order valence-corrected chi connectivity index (χ1v) is 17.6. The van der Waals surface area contributed by atoms with Crippen LogP contribution < -0.4 is 21.3 Å². The Kier molecular flexibility index (Phi) is 11.8. The third kappa shape index (κ3) is 9.30. The van der Waals surface area contributed by atoms with E-state index >= 15 is 0 Å². The lowest BCUT2D eigenvalue weighted by molar-refractivity contribution is -0.144. The van der Waals surface area contributed by atoms with Crippen LogP contribution in [0.25, 0.3) is 0 Å². The lowest BCUT2D eigenvalue weighted by Gasteiger charge is -2.36. The number of ether oxygens (including phenoxy) is 1. The second-order valence-corrected chi connectivity index (χ2v) is 15.8. The molecule has 1 aromatic carbocycles. The Morgan fingerprint density at radius 3 is 2.22 bits per heavy atom. The minimum atomic E-state index is -1.20. The lowest BCUT2D eigenvalue weighted by Crippen LogP contribution is -2.61. The van der Waals surface area contributed by atoms with Gasteiger partial charge in [-0.25, -0.2) is 14.0 Å². The molecule has 0 radical (unpaired) electrons. The molecular weight excluding hydrogens is 647 g/mol. The van der Waals surface area contributed by atoms with Crippen molar-refractivity contribution in [1.82, 2.24) is 31.1 Å². The Balaban J connectivity index is 1.63. The molecule has 5 atom stereocenters. The molecule has 1 saturated carbocycles. The molecule has 0 unspecified atom stereocenters. The normalized spacial score (nSPS) is 21.5. The molecule has 276 valence electrons. The maximum Gasteiger partial charge on any atom is 0.410 e. The van der Waals surface area contributed by atoms with Crippen molar-refractivity contribution >= 4 is 35.6 Å². The predicted molar refractivity (Wildman–Crippen MR) is 183 cm³/mol. The van der Waals surface area contributed by atoms with Gasteiger partial charge in [-0.15, -0.1) is 0 Å². The molecule has 2 heterocycles. The average molecular weight is 701 g/mol. The molecule has 2 fully saturated rings. The molecule has 14 heteroatoms. The van der Waals surface area contributed by atoms with Gasteiger partial charge in [0.25, 0.3) is 5.91 Å². The molecule has 1 aromatic rings. The first kappa shape index (κ1) is 38.6. The molecular formula is C36H53FN6O7. The third-order valence-corrected chi connectivity index (χ3v) is 9.28. The SMILES string of the molecule is CCC[C@H](NC(=O)[C@@H]1[C@H](CC)[C@@H](OC(=O)N2Cc3cccc(F)c3C2)CN1C(=O)[C@@H](NC(=O)NC(C)(C)C)C(C)(C)C)C(=O)C(=O)NC1CC1. The number of Topliss-reactive ketones (excluding diaryl/α,β-unsaturated/α-hetero) is 1. The van der Waals surface area contributed by atoms with E-state index in [-0.39, 0.29) is 32.1 Å². The van der Waals surface area contributed by atoms with Crippen molar-refractivity contribution in [1.29, 1.82) is 0 Å². The van der Waals surface area contributed by atoms with Crippen LogP contribution in [-0.2, 0) is 37.0 Å². The van der Waals surface area contributed by atoms with Crippen LogP contribution in [0.3, 0.4) is 0 Å². The highest BCUT2D eigenvalue weighted by atomic mass is 19.1. The minimum absolute atomic E-state index is 0.0134. The van der Waals surface area contributed by atoms with Gasteiger partial charge in [0.1, 0.15) is 24.0 Å². The summed E-state index contributed by atoms with van der Waals surface area (Å²) in [5.41, 5.74) is -0.332. The Hall–Kier alpha value is -4.23. The van der Waals surface area contributed by atoms with Crippen LogP contribution in [-0.4, -0.2) is 87.8 Å². The van der Waals surface area contributed by atoms with Gasteiger partial charge < -0.3 is 30.9 Å². The largest absolute Gasteiger partial charge is 0.444 e. The zero-order valence-corrected chi connectivity index (χ0v) is 30.5. The van der Waals surface area contributed by atoms with Crippen LogP contribution in [0.2, 0.25) is 0 Å². The number of hydrogen-bond donors (Lipinski definition) is 4. The molecule has 1 saturated heterocycles. The van der Waals surface area contributed by atoms with Gasteiger partial charge in [0.2, 0.25) is 17.6 Å². The number of hydrogen-bond acceptors (Lipinski definition) is 7. The van der Waals surface area contributed by atoms with E-state index in [1.54, 1.807) is 60.6 Å². The molecule has 3 aliphatic rings. The van der Waals surface area contributed by atoms with Crippen molar-refractivity contribution in [2.45, 2.75) is 136 Å². The summed E-state index contributed by atoms with van der Waals surface area (Å²) < 4.78 is 20.5. The standard InChI is InChI=1S/C36H53FN6O7/c1-9-12-25(28(44)31(46)38-21-15-16-21)39-30(45)27-22(10-2)26(50-34(49)42-17-20-13-11-14-24(37)23(20)18-42)19-43(27)32(47)29(35(3,4)5)40-33(48)41-36(6,7)8/h11,13-14,21-22,25-27,29H,9-10,12,15-19H2,1-8H3,(H,38,46)(H,39,45)(H2,40,41,48)/t22-,25+,26+,27+,29-/m1/s1. The van der Waals surface area contributed by atoms with E-state index in [0.29, 0.717) is 24.0 Å². The van der Waals surface area contributed by atoms with Gasteiger partial charge in [-0.05, 0) is 63.5 Å². The van der Waals surface area contributed by atoms with Gasteiger partial charge in [-0.3, -0.25) is 24.1 Å². The topological polar surface area (TPSA) is 166 Å². The summed E-state index contributed by atoms with van der Waals surface area (Å²) in [6.07, 6.45) is 0.917. The molecule has 0 aromatic heterocycles. The van der Waals surface area contributed by atoms with Crippen molar-refractivity contribution < 1.29 is 37.9 Å². The summed E-state index contributed by atoms with van der Waals surface area (Å²) >= 11 is 0. The second kappa shape index (κ2) is 15.3. The number of amides is 6. The summed E-state index contributed by atoms with van der Waals surface area (Å²) in [5, 5.41) is 11.0. The molecule has 4 N–H and O–H groups in total. The number of nitrogens with zero attached hydrogens (tertiary/aromatic N) is 2. The molecule has 1 aliphatic carbocycles. The molecule has 0 spiro atoms. The molecule has 0 bridgehead atoms. The van der Waals surface area contributed by atoms with Crippen LogP contribution in [0.15, 0.2) is 18.2 Å². The van der Waals surface area contributed by atoms with Crippen molar-refractivity contribution in [3.8, 4) is 0 Å². The number of fused-ring (bicyclic) bond motifs is 1. The van der Waals surface area contributed by atoms with Crippen molar-refractivity contribution in [2.75, 3.05) is 6.54 Å². The summed E-state index contributed by atoms with van der Waals surface area (Å²) in [4.78, 5) is 83.9. The maximum atomic E-state index is 14.5. The van der Waals surface area contributed by atoms with Crippen LogP contribution in [0.1, 0.15) is 98.6 Å². The first-order valence-electron chi connectivity index (χ1n) is 17.6. The maximum absolute atomic E-state index is 14.5. The Morgan fingerprint density at radius 1 is 0.980 bits per heavy atom. The molecule has 6 amide bonds. The molecule has 50 heavy (non-hydrogen) atoms. The highest BCUT2D eigenvalue weighted by molar-refractivity contribution is 6.38. The molecule has 13 nitrogen and oxygen atoms in total. The van der Waals surface area contributed by atoms with Crippen LogP contribution in [0.5, 0.6) is 0 Å². The summed E-state index contributed by atoms with van der Waals surface area (Å²) in [7, 11) is 0. The molecule has 4 rings (SSSR count). The van der Waals surface area contributed by atoms with Gasteiger partial charge in [0, 0.05) is 29.6 Å². The smallest absolute Gasteiger partial charge is 0.410 e. The van der Waals surface area contributed by atoms with Gasteiger partial charge >= 0.3 is 12.1 Å². The molecule has 2 aliphatic heterocycles. The fourth-order valence-corrected chi connectivity index (χ4v) is 6.54. The lowest BCUT2D eigenvalue weighted by atomic mass is 9.85.